The molecule has 4 rings (SSSR count). The van der Waals surface area contributed by atoms with Gasteiger partial charge in [-0.15, -0.1) is 0 Å². The van der Waals surface area contributed by atoms with E-state index in [4.69, 9.17) is 9.47 Å². The summed E-state index contributed by atoms with van der Waals surface area (Å²) >= 11 is 0. The van der Waals surface area contributed by atoms with Crippen molar-refractivity contribution in [1.29, 1.82) is 0 Å². The average Bonchev–Trinajstić information content (AvgIpc) is 2.88. The molecule has 0 atom stereocenters. The Morgan fingerprint density at radius 2 is 1.74 bits per heavy atom. The third kappa shape index (κ3) is 4.88. The Labute approximate surface area is 198 Å². The van der Waals surface area contributed by atoms with Crippen molar-refractivity contribution in [1.82, 2.24) is 24.4 Å². The zero-order valence-electron chi connectivity index (χ0n) is 19.0. The van der Waals surface area contributed by atoms with E-state index in [1.807, 2.05) is 0 Å². The van der Waals surface area contributed by atoms with Crippen LogP contribution in [-0.4, -0.2) is 39.2 Å². The van der Waals surface area contributed by atoms with Crippen LogP contribution < -0.4 is 26.0 Å². The molecule has 0 saturated heterocycles. The van der Waals surface area contributed by atoms with Crippen LogP contribution in [0.1, 0.15) is 11.1 Å². The first kappa shape index (κ1) is 23.6. The van der Waals surface area contributed by atoms with Gasteiger partial charge >= 0.3 is 5.69 Å². The largest absolute Gasteiger partial charge is 0.493 e. The van der Waals surface area contributed by atoms with E-state index in [9.17, 15) is 18.8 Å². The van der Waals surface area contributed by atoms with Crippen LogP contribution in [0.5, 0.6) is 11.5 Å². The van der Waals surface area contributed by atoms with Crippen molar-refractivity contribution in [2.45, 2.75) is 19.6 Å². The van der Waals surface area contributed by atoms with Gasteiger partial charge < -0.3 is 14.8 Å². The average molecular weight is 479 g/mol. The van der Waals surface area contributed by atoms with Crippen molar-refractivity contribution in [3.8, 4) is 11.5 Å². The number of nitrogens with zero attached hydrogens (tertiary/aromatic N) is 4. The molecule has 10 nitrogen and oxygen atoms in total. The Kier molecular flexibility index (Phi) is 6.86. The number of aromatic nitrogens is 4. The number of halogens is 1. The highest BCUT2D eigenvalue weighted by atomic mass is 19.1. The third-order valence-corrected chi connectivity index (χ3v) is 5.36. The summed E-state index contributed by atoms with van der Waals surface area (Å²) < 4.78 is 26.0. The summed E-state index contributed by atoms with van der Waals surface area (Å²) in [6.07, 6.45) is 2.66. The molecule has 0 unspecified atom stereocenters. The van der Waals surface area contributed by atoms with Crippen LogP contribution in [0.15, 0.2) is 64.4 Å². The highest BCUT2D eigenvalue weighted by Crippen LogP contribution is 2.30. The Bertz CT molecular complexity index is 1500. The molecule has 0 spiro atoms. The van der Waals surface area contributed by atoms with Gasteiger partial charge in [-0.3, -0.25) is 18.7 Å². The number of methoxy groups -OCH3 is 2. The molecule has 0 bridgehead atoms. The van der Waals surface area contributed by atoms with Gasteiger partial charge in [-0.05, 0) is 23.8 Å². The van der Waals surface area contributed by atoms with E-state index in [-0.39, 0.29) is 24.3 Å². The number of hydrogen-bond donors (Lipinski definition) is 1. The summed E-state index contributed by atoms with van der Waals surface area (Å²) in [5.74, 6) is 0.0735. The summed E-state index contributed by atoms with van der Waals surface area (Å²) in [5, 5.41) is 2.74. The van der Waals surface area contributed by atoms with Crippen LogP contribution in [0.2, 0.25) is 0 Å². The number of fused-ring (bicyclic) bond motifs is 1. The Morgan fingerprint density at radius 3 is 2.46 bits per heavy atom. The molecule has 2 heterocycles. The van der Waals surface area contributed by atoms with Gasteiger partial charge in [0.05, 0.1) is 20.8 Å². The van der Waals surface area contributed by atoms with E-state index in [0.29, 0.717) is 22.6 Å². The second-order valence-corrected chi connectivity index (χ2v) is 7.54. The first-order chi connectivity index (χ1) is 16.9. The molecule has 2 aromatic carbocycles. The smallest absolute Gasteiger partial charge is 0.333 e. The highest BCUT2D eigenvalue weighted by Gasteiger charge is 2.18. The maximum atomic E-state index is 13.3. The second-order valence-electron chi connectivity index (χ2n) is 7.54. The lowest BCUT2D eigenvalue weighted by Gasteiger charge is -2.15. The number of hydrogen-bond acceptors (Lipinski definition) is 7. The number of amides is 1. The minimum Gasteiger partial charge on any atom is -0.493 e. The fraction of sp³-hybridized carbons (Fsp3) is 0.208. The van der Waals surface area contributed by atoms with E-state index in [2.05, 4.69) is 15.3 Å². The molecule has 0 radical (unpaired) electrons. The van der Waals surface area contributed by atoms with Gasteiger partial charge in [-0.1, -0.05) is 24.3 Å². The summed E-state index contributed by atoms with van der Waals surface area (Å²) in [5.41, 5.74) is -0.237. The summed E-state index contributed by atoms with van der Waals surface area (Å²) in [7, 11) is 3.01. The van der Waals surface area contributed by atoms with Crippen LogP contribution in [0, 0.1) is 5.82 Å². The minimum absolute atomic E-state index is 0.00744. The first-order valence-corrected chi connectivity index (χ1v) is 10.6. The quantitative estimate of drug-likeness (QED) is 0.407. The zero-order chi connectivity index (χ0) is 24.9. The lowest BCUT2D eigenvalue weighted by Crippen LogP contribution is -2.43. The molecule has 1 amide bonds. The van der Waals surface area contributed by atoms with Crippen molar-refractivity contribution in [3.05, 3.63) is 92.6 Å². The Balaban J connectivity index is 1.65. The fourth-order valence-corrected chi connectivity index (χ4v) is 3.67. The molecule has 0 aliphatic carbocycles. The molecule has 1 N–H and O–H groups in total. The zero-order valence-corrected chi connectivity index (χ0v) is 19.0. The standard InChI is InChI=1S/C24H22FN5O5/c1-34-18-5-3-4-16(21(18)35-2)12-28-19(31)14-29-22-20(26-10-11-27-22)23(32)30(24(29)33)13-15-6-8-17(25)9-7-15/h3-11H,12-14H2,1-2H3,(H,28,31). The first-order valence-electron chi connectivity index (χ1n) is 10.6. The molecule has 0 aliphatic heterocycles. The molecule has 180 valence electrons. The van der Waals surface area contributed by atoms with Crippen LogP contribution in [-0.2, 0) is 24.4 Å². The van der Waals surface area contributed by atoms with Gasteiger partial charge in [0.1, 0.15) is 12.4 Å². The van der Waals surface area contributed by atoms with E-state index in [1.54, 1.807) is 18.2 Å². The summed E-state index contributed by atoms with van der Waals surface area (Å²) in [4.78, 5) is 47.2. The molecule has 4 aromatic rings. The van der Waals surface area contributed by atoms with E-state index in [1.165, 1.54) is 50.9 Å². The van der Waals surface area contributed by atoms with Crippen LogP contribution in [0.4, 0.5) is 4.39 Å². The third-order valence-electron chi connectivity index (χ3n) is 5.36. The number of carbonyl (C=O) groups excluding carboxylic acids is 1. The number of nitrogens with one attached hydrogen (secondary N) is 1. The molecule has 0 saturated carbocycles. The van der Waals surface area contributed by atoms with Crippen molar-refractivity contribution in [2.75, 3.05) is 14.2 Å². The lowest BCUT2D eigenvalue weighted by molar-refractivity contribution is -0.121. The van der Waals surface area contributed by atoms with Gasteiger partial charge in [0.2, 0.25) is 5.91 Å². The van der Waals surface area contributed by atoms with Crippen LogP contribution in [0.3, 0.4) is 0 Å². The van der Waals surface area contributed by atoms with E-state index >= 15 is 0 Å². The SMILES string of the molecule is COc1cccc(CNC(=O)Cn2c(=O)n(Cc3ccc(F)cc3)c(=O)c3nccnc32)c1OC. The number of para-hydroxylation sites is 1. The van der Waals surface area contributed by atoms with Gasteiger partial charge in [0.25, 0.3) is 5.56 Å². The van der Waals surface area contributed by atoms with Gasteiger partial charge in [0.15, 0.2) is 22.7 Å². The maximum Gasteiger partial charge on any atom is 0.333 e. The Morgan fingerprint density at radius 1 is 1.00 bits per heavy atom. The maximum absolute atomic E-state index is 13.3. The van der Waals surface area contributed by atoms with Gasteiger partial charge in [-0.25, -0.2) is 19.2 Å². The van der Waals surface area contributed by atoms with Gasteiger partial charge in [0, 0.05) is 24.5 Å². The van der Waals surface area contributed by atoms with Crippen molar-refractivity contribution < 1.29 is 18.7 Å². The highest BCUT2D eigenvalue weighted by molar-refractivity contribution is 5.78. The van der Waals surface area contributed by atoms with E-state index < -0.39 is 29.5 Å². The number of rotatable bonds is 8. The molecule has 11 heteroatoms. The molecule has 0 fully saturated rings. The van der Waals surface area contributed by atoms with E-state index in [0.717, 1.165) is 9.13 Å². The van der Waals surface area contributed by atoms with Gasteiger partial charge in [-0.2, -0.15) is 0 Å². The van der Waals surface area contributed by atoms with Crippen molar-refractivity contribution in [3.63, 3.8) is 0 Å². The predicted molar refractivity (Wildman–Crippen MR) is 125 cm³/mol. The molecule has 35 heavy (non-hydrogen) atoms. The monoisotopic (exact) mass is 479 g/mol. The van der Waals surface area contributed by atoms with Crippen LogP contribution >= 0.6 is 0 Å². The summed E-state index contributed by atoms with van der Waals surface area (Å²) in [6, 6.07) is 10.7. The molecular weight excluding hydrogens is 457 g/mol. The second kappa shape index (κ2) is 10.2. The normalized spacial score (nSPS) is 10.8. The van der Waals surface area contributed by atoms with Crippen molar-refractivity contribution in [2.24, 2.45) is 0 Å². The number of benzene rings is 2. The predicted octanol–water partition coefficient (Wildman–Crippen LogP) is 1.47. The molecular formula is C24H22FN5O5. The fourth-order valence-electron chi connectivity index (χ4n) is 3.67. The Hall–Kier alpha value is -4.54. The lowest BCUT2D eigenvalue weighted by atomic mass is 10.2. The molecule has 0 aliphatic rings. The summed E-state index contributed by atoms with van der Waals surface area (Å²) in [6.45, 7) is -0.399. The molecule has 2 aromatic heterocycles. The number of carbonyl (C=O) groups is 1. The number of ether oxygens (including phenoxy) is 2. The minimum atomic E-state index is -0.735. The topological polar surface area (TPSA) is 117 Å². The van der Waals surface area contributed by atoms with Crippen LogP contribution in [0.25, 0.3) is 11.2 Å². The van der Waals surface area contributed by atoms with Crippen molar-refractivity contribution >= 4 is 17.1 Å².